The highest BCUT2D eigenvalue weighted by Crippen LogP contribution is 2.25. The van der Waals surface area contributed by atoms with Crippen LogP contribution in [0.15, 0.2) is 12.3 Å². The van der Waals surface area contributed by atoms with Crippen LogP contribution < -0.4 is 10.2 Å². The Balaban J connectivity index is 2.93. The quantitative estimate of drug-likeness (QED) is 0.457. The molecule has 7 nitrogen and oxygen atoms in total. The first kappa shape index (κ1) is 13.9. The first-order valence-corrected chi connectivity index (χ1v) is 5.50. The van der Waals surface area contributed by atoms with E-state index in [1.165, 1.54) is 12.3 Å². The zero-order chi connectivity index (χ0) is 13.5. The van der Waals surface area contributed by atoms with E-state index in [0.717, 1.165) is 13.0 Å². The molecule has 1 N–H and O–H groups in total. The van der Waals surface area contributed by atoms with Crippen molar-refractivity contribution in [3.8, 4) is 6.07 Å². The van der Waals surface area contributed by atoms with Crippen molar-refractivity contribution in [1.29, 1.82) is 5.26 Å². The zero-order valence-electron chi connectivity index (χ0n) is 10.4. The van der Waals surface area contributed by atoms with E-state index in [1.54, 1.807) is 11.9 Å². The fraction of sp³-hybridized carbons (Fsp3) is 0.455. The van der Waals surface area contributed by atoms with Gasteiger partial charge in [0.2, 0.25) is 5.82 Å². The van der Waals surface area contributed by atoms with Crippen LogP contribution in [0.3, 0.4) is 0 Å². The fourth-order valence-corrected chi connectivity index (χ4v) is 1.53. The molecule has 0 aliphatic rings. The van der Waals surface area contributed by atoms with Crippen molar-refractivity contribution in [3.63, 3.8) is 0 Å². The van der Waals surface area contributed by atoms with E-state index in [0.29, 0.717) is 6.54 Å². The molecule has 0 spiro atoms. The van der Waals surface area contributed by atoms with E-state index in [1.807, 2.05) is 13.1 Å². The summed E-state index contributed by atoms with van der Waals surface area (Å²) in [7, 11) is 3.60. The van der Waals surface area contributed by atoms with Gasteiger partial charge in [-0.05, 0) is 20.0 Å². The molecule has 7 heteroatoms. The minimum Gasteiger partial charge on any atom is -0.354 e. The molecule has 0 atom stereocenters. The minimum absolute atomic E-state index is 0.138. The highest BCUT2D eigenvalue weighted by Gasteiger charge is 2.19. The Morgan fingerprint density at radius 1 is 1.67 bits per heavy atom. The maximum absolute atomic E-state index is 10.9. The number of nitro groups is 1. The summed E-state index contributed by atoms with van der Waals surface area (Å²) in [4.78, 5) is 16.1. The molecule has 0 amide bonds. The molecule has 0 saturated carbocycles. The Hall–Kier alpha value is -2.20. The van der Waals surface area contributed by atoms with E-state index in [9.17, 15) is 10.1 Å². The molecule has 0 fully saturated rings. The van der Waals surface area contributed by atoms with E-state index in [2.05, 4.69) is 10.3 Å². The summed E-state index contributed by atoms with van der Waals surface area (Å²) < 4.78 is 0. The zero-order valence-corrected chi connectivity index (χ0v) is 10.4. The van der Waals surface area contributed by atoms with Gasteiger partial charge in [-0.25, -0.2) is 4.98 Å². The molecule has 1 aromatic rings. The number of nitrogens with one attached hydrogen (secondary N) is 1. The summed E-state index contributed by atoms with van der Waals surface area (Å²) in [5.41, 5.74) is 0.0510. The van der Waals surface area contributed by atoms with E-state index >= 15 is 0 Å². The predicted molar refractivity (Wildman–Crippen MR) is 67.4 cm³/mol. The van der Waals surface area contributed by atoms with Crippen molar-refractivity contribution in [2.24, 2.45) is 0 Å². The summed E-state index contributed by atoms with van der Waals surface area (Å²) in [5, 5.41) is 22.7. The van der Waals surface area contributed by atoms with Crippen molar-refractivity contribution < 1.29 is 4.92 Å². The van der Waals surface area contributed by atoms with E-state index < -0.39 is 4.92 Å². The van der Waals surface area contributed by atoms with Gasteiger partial charge in [-0.15, -0.1) is 0 Å². The molecule has 1 aromatic heterocycles. The van der Waals surface area contributed by atoms with Gasteiger partial charge >= 0.3 is 5.69 Å². The lowest BCUT2D eigenvalue weighted by Gasteiger charge is -2.17. The molecule has 0 unspecified atom stereocenters. The van der Waals surface area contributed by atoms with Gasteiger partial charge in [0.15, 0.2) is 0 Å². The van der Waals surface area contributed by atoms with Crippen LogP contribution >= 0.6 is 0 Å². The number of anilines is 1. The molecule has 0 aliphatic carbocycles. The Morgan fingerprint density at radius 3 is 2.94 bits per heavy atom. The molecular formula is C11H15N5O2. The molecule has 96 valence electrons. The van der Waals surface area contributed by atoms with Crippen LogP contribution in [0.25, 0.3) is 0 Å². The third kappa shape index (κ3) is 3.40. The second-order valence-electron chi connectivity index (χ2n) is 3.81. The number of nitriles is 1. The second kappa shape index (κ2) is 6.51. The standard InChI is InChI=1S/C11H15N5O2/c1-13-4-3-5-15(2)11-10(16(17)18)6-9(7-12)8-14-11/h6,8,13H,3-5H2,1-2H3. The maximum Gasteiger partial charge on any atom is 0.312 e. The largest absolute Gasteiger partial charge is 0.354 e. The number of hydrogen-bond acceptors (Lipinski definition) is 6. The van der Waals surface area contributed by atoms with Crippen LogP contribution in [0.2, 0.25) is 0 Å². The lowest BCUT2D eigenvalue weighted by molar-refractivity contribution is -0.384. The van der Waals surface area contributed by atoms with E-state index in [-0.39, 0.29) is 17.1 Å². The van der Waals surface area contributed by atoms with Crippen molar-refractivity contribution in [2.75, 3.05) is 32.1 Å². The SMILES string of the molecule is CNCCCN(C)c1ncc(C#N)cc1[N+](=O)[O-]. The molecular weight excluding hydrogens is 234 g/mol. The fourth-order valence-electron chi connectivity index (χ4n) is 1.53. The molecule has 1 rings (SSSR count). The number of rotatable bonds is 6. The summed E-state index contributed by atoms with van der Waals surface area (Å²) in [5.74, 6) is 0.287. The van der Waals surface area contributed by atoms with Crippen LogP contribution in [0.4, 0.5) is 11.5 Å². The molecule has 0 radical (unpaired) electrons. The minimum atomic E-state index is -0.516. The molecule has 0 aliphatic heterocycles. The first-order chi connectivity index (χ1) is 8.60. The first-order valence-electron chi connectivity index (χ1n) is 5.50. The highest BCUT2D eigenvalue weighted by molar-refractivity contribution is 5.59. The molecule has 0 bridgehead atoms. The van der Waals surface area contributed by atoms with Crippen molar-refractivity contribution in [1.82, 2.24) is 10.3 Å². The summed E-state index contributed by atoms with van der Waals surface area (Å²) in [6.45, 7) is 1.48. The Labute approximate surface area is 105 Å². The lowest BCUT2D eigenvalue weighted by Crippen LogP contribution is -2.24. The number of pyridine rings is 1. The maximum atomic E-state index is 10.9. The summed E-state index contributed by atoms with van der Waals surface area (Å²) in [6.07, 6.45) is 2.20. The van der Waals surface area contributed by atoms with Gasteiger partial charge < -0.3 is 10.2 Å². The van der Waals surface area contributed by atoms with Crippen LogP contribution in [0.5, 0.6) is 0 Å². The van der Waals surface area contributed by atoms with Gasteiger partial charge in [-0.2, -0.15) is 5.26 Å². The Bertz CT molecular complexity index is 469. The smallest absolute Gasteiger partial charge is 0.312 e. The highest BCUT2D eigenvalue weighted by atomic mass is 16.6. The lowest BCUT2D eigenvalue weighted by atomic mass is 10.2. The van der Waals surface area contributed by atoms with E-state index in [4.69, 9.17) is 5.26 Å². The van der Waals surface area contributed by atoms with Crippen LogP contribution in [-0.2, 0) is 0 Å². The monoisotopic (exact) mass is 249 g/mol. The number of nitrogens with zero attached hydrogens (tertiary/aromatic N) is 4. The van der Waals surface area contributed by atoms with Gasteiger partial charge in [0, 0.05) is 25.9 Å². The average molecular weight is 249 g/mol. The summed E-state index contributed by atoms with van der Waals surface area (Å²) in [6, 6.07) is 3.09. The van der Waals surface area contributed by atoms with Crippen molar-refractivity contribution >= 4 is 11.5 Å². The van der Waals surface area contributed by atoms with Gasteiger partial charge in [-0.1, -0.05) is 0 Å². The average Bonchev–Trinajstić information content (AvgIpc) is 2.38. The van der Waals surface area contributed by atoms with Crippen molar-refractivity contribution in [2.45, 2.75) is 6.42 Å². The summed E-state index contributed by atoms with van der Waals surface area (Å²) >= 11 is 0. The normalized spacial score (nSPS) is 9.83. The van der Waals surface area contributed by atoms with Crippen LogP contribution in [0, 0.1) is 21.4 Å². The molecule has 18 heavy (non-hydrogen) atoms. The van der Waals surface area contributed by atoms with Crippen LogP contribution in [0.1, 0.15) is 12.0 Å². The topological polar surface area (TPSA) is 95.1 Å². The van der Waals surface area contributed by atoms with Crippen LogP contribution in [-0.4, -0.2) is 37.1 Å². The van der Waals surface area contributed by atoms with Gasteiger partial charge in [0.05, 0.1) is 10.5 Å². The Kier molecular flexibility index (Phi) is 5.02. The third-order valence-corrected chi connectivity index (χ3v) is 2.45. The number of aromatic nitrogens is 1. The van der Waals surface area contributed by atoms with Gasteiger partial charge in [0.25, 0.3) is 0 Å². The number of hydrogen-bond donors (Lipinski definition) is 1. The molecule has 0 aromatic carbocycles. The second-order valence-corrected chi connectivity index (χ2v) is 3.81. The van der Waals surface area contributed by atoms with Gasteiger partial charge in [-0.3, -0.25) is 10.1 Å². The predicted octanol–water partition coefficient (Wildman–Crippen LogP) is 0.907. The molecule has 1 heterocycles. The molecule has 0 saturated heterocycles. The van der Waals surface area contributed by atoms with Gasteiger partial charge in [0.1, 0.15) is 6.07 Å². The Morgan fingerprint density at radius 2 is 2.39 bits per heavy atom. The van der Waals surface area contributed by atoms with Crippen molar-refractivity contribution in [3.05, 3.63) is 27.9 Å². The third-order valence-electron chi connectivity index (χ3n) is 2.45.